The van der Waals surface area contributed by atoms with Crippen LogP contribution in [0.3, 0.4) is 0 Å². The van der Waals surface area contributed by atoms with Crippen LogP contribution in [-0.2, 0) is 0 Å². The van der Waals surface area contributed by atoms with Gasteiger partial charge in [0.05, 0.1) is 0 Å². The minimum absolute atomic E-state index is 0.444. The molecule has 0 amide bonds. The molecule has 46 valence electrons. The van der Waals surface area contributed by atoms with Gasteiger partial charge in [-0.1, -0.05) is 6.92 Å². The first-order valence-corrected chi connectivity index (χ1v) is 2.75. The van der Waals surface area contributed by atoms with Gasteiger partial charge in [-0.2, -0.15) is 5.10 Å². The maximum Gasteiger partial charge on any atom is 0.124 e. The van der Waals surface area contributed by atoms with Crippen LogP contribution in [0.4, 0.5) is 0 Å². The molecule has 0 spiro atoms. The van der Waals surface area contributed by atoms with E-state index in [9.17, 15) is 0 Å². The third-order valence-electron chi connectivity index (χ3n) is 1.33. The van der Waals surface area contributed by atoms with Gasteiger partial charge in [0.1, 0.15) is 5.84 Å². The van der Waals surface area contributed by atoms with E-state index < -0.39 is 0 Å². The number of hydrazone groups is 1. The zero-order valence-corrected chi connectivity index (χ0v) is 5.26. The number of rotatable bonds is 0. The minimum Gasteiger partial charge on any atom is -0.385 e. The maximum atomic E-state index is 5.48. The molecule has 0 saturated heterocycles. The topological polar surface area (TPSA) is 41.6 Å². The number of hydrogen-bond donors (Lipinski definition) is 1. The lowest BCUT2D eigenvalue weighted by Crippen LogP contribution is -2.19. The summed E-state index contributed by atoms with van der Waals surface area (Å²) in [5.41, 5.74) is 5.48. The normalized spacial score (nSPS) is 28.5. The lowest BCUT2D eigenvalue weighted by Gasteiger charge is -2.03. The Morgan fingerprint density at radius 2 is 2.50 bits per heavy atom. The van der Waals surface area contributed by atoms with E-state index in [4.69, 9.17) is 5.73 Å². The molecule has 0 fully saturated rings. The van der Waals surface area contributed by atoms with Gasteiger partial charge >= 0.3 is 0 Å². The van der Waals surface area contributed by atoms with Gasteiger partial charge in [0.2, 0.25) is 0 Å². The predicted molar refractivity (Wildman–Crippen MR) is 33.4 cm³/mol. The van der Waals surface area contributed by atoms with Crippen LogP contribution >= 0.6 is 0 Å². The molecule has 1 heterocycles. The highest BCUT2D eigenvalue weighted by Crippen LogP contribution is 2.05. The zero-order chi connectivity index (χ0) is 6.15. The fourth-order valence-corrected chi connectivity index (χ4v) is 0.826. The summed E-state index contributed by atoms with van der Waals surface area (Å²) < 4.78 is 0. The second kappa shape index (κ2) is 1.65. The summed E-state index contributed by atoms with van der Waals surface area (Å²) in [4.78, 5) is 0. The summed E-state index contributed by atoms with van der Waals surface area (Å²) >= 11 is 0. The Hall–Kier alpha value is -0.730. The average Bonchev–Trinajstić information content (AvgIpc) is 1.85. The summed E-state index contributed by atoms with van der Waals surface area (Å²) in [6.07, 6.45) is 0. The van der Waals surface area contributed by atoms with Gasteiger partial charge in [-0.3, -0.25) is 5.01 Å². The van der Waals surface area contributed by atoms with Crippen molar-refractivity contribution in [2.45, 2.75) is 6.92 Å². The predicted octanol–water partition coefficient (Wildman–Crippen LogP) is -0.160. The fourth-order valence-electron chi connectivity index (χ4n) is 0.826. The molecule has 0 saturated carbocycles. The van der Waals surface area contributed by atoms with E-state index in [1.165, 1.54) is 0 Å². The van der Waals surface area contributed by atoms with Crippen LogP contribution in [0.15, 0.2) is 5.10 Å². The van der Waals surface area contributed by atoms with Crippen molar-refractivity contribution < 1.29 is 0 Å². The monoisotopic (exact) mass is 113 g/mol. The Bertz CT molecular complexity index is 119. The van der Waals surface area contributed by atoms with Gasteiger partial charge in [-0.15, -0.1) is 0 Å². The third-order valence-corrected chi connectivity index (χ3v) is 1.33. The average molecular weight is 113 g/mol. The molecule has 1 aliphatic heterocycles. The van der Waals surface area contributed by atoms with Crippen LogP contribution in [-0.4, -0.2) is 24.4 Å². The van der Waals surface area contributed by atoms with E-state index in [0.717, 1.165) is 12.4 Å². The van der Waals surface area contributed by atoms with Crippen LogP contribution in [0.25, 0.3) is 0 Å². The van der Waals surface area contributed by atoms with E-state index in [1.807, 2.05) is 12.1 Å². The fraction of sp³-hybridized carbons (Fsp3) is 0.800. The molecule has 3 nitrogen and oxygen atoms in total. The number of nitrogens with two attached hydrogens (primary N) is 1. The van der Waals surface area contributed by atoms with Gasteiger partial charge in [0, 0.05) is 19.5 Å². The van der Waals surface area contributed by atoms with Crippen molar-refractivity contribution in [2.75, 3.05) is 13.6 Å². The summed E-state index contributed by atoms with van der Waals surface area (Å²) in [5, 5.41) is 5.86. The second-order valence-electron chi connectivity index (χ2n) is 2.27. The number of hydrogen-bond acceptors (Lipinski definition) is 3. The smallest absolute Gasteiger partial charge is 0.124 e. The Labute approximate surface area is 49.2 Å². The molecular weight excluding hydrogens is 102 g/mol. The molecule has 1 atom stereocenters. The highest BCUT2D eigenvalue weighted by Gasteiger charge is 2.15. The first kappa shape index (κ1) is 5.41. The Morgan fingerprint density at radius 3 is 2.62 bits per heavy atom. The molecule has 0 aromatic rings. The van der Waals surface area contributed by atoms with Crippen molar-refractivity contribution in [3.05, 3.63) is 0 Å². The lowest BCUT2D eigenvalue weighted by molar-refractivity contribution is 0.368. The van der Waals surface area contributed by atoms with Crippen molar-refractivity contribution in [1.29, 1.82) is 0 Å². The van der Waals surface area contributed by atoms with Crippen LogP contribution in [0, 0.1) is 5.92 Å². The molecule has 0 aliphatic carbocycles. The van der Waals surface area contributed by atoms with E-state index in [-0.39, 0.29) is 0 Å². The standard InChI is InChI=1S/C5H11N3/c1-4-3-8(2)7-5(4)6/h4H,3H2,1-2H3,(H2,6,7). The molecule has 3 heteroatoms. The molecule has 1 unspecified atom stereocenters. The second-order valence-corrected chi connectivity index (χ2v) is 2.27. The van der Waals surface area contributed by atoms with Crippen LogP contribution < -0.4 is 5.73 Å². The van der Waals surface area contributed by atoms with Gasteiger partial charge in [-0.05, 0) is 0 Å². The molecule has 2 N–H and O–H groups in total. The maximum absolute atomic E-state index is 5.48. The van der Waals surface area contributed by atoms with Gasteiger partial charge in [0.15, 0.2) is 0 Å². The van der Waals surface area contributed by atoms with Crippen molar-refractivity contribution in [3.63, 3.8) is 0 Å². The molecule has 0 bridgehead atoms. The first-order chi connectivity index (χ1) is 3.70. The van der Waals surface area contributed by atoms with Crippen molar-refractivity contribution in [1.82, 2.24) is 5.01 Å². The largest absolute Gasteiger partial charge is 0.385 e. The lowest BCUT2D eigenvalue weighted by atomic mass is 10.2. The third kappa shape index (κ3) is 0.757. The minimum atomic E-state index is 0.444. The summed E-state index contributed by atoms with van der Waals surface area (Å²) in [6.45, 7) is 3.04. The van der Waals surface area contributed by atoms with Gasteiger partial charge in [0.25, 0.3) is 0 Å². The molecule has 0 aromatic carbocycles. The molecular formula is C5H11N3. The number of nitrogens with zero attached hydrogens (tertiary/aromatic N) is 2. The van der Waals surface area contributed by atoms with Crippen molar-refractivity contribution in [3.8, 4) is 0 Å². The van der Waals surface area contributed by atoms with E-state index >= 15 is 0 Å². The molecule has 1 aliphatic rings. The summed E-state index contributed by atoms with van der Waals surface area (Å²) in [5.74, 6) is 1.20. The SMILES string of the molecule is CC1CN(C)N=C1N. The molecule has 0 radical (unpaired) electrons. The quantitative estimate of drug-likeness (QED) is 0.474. The van der Waals surface area contributed by atoms with Crippen LogP contribution in [0.5, 0.6) is 0 Å². The molecule has 0 aromatic heterocycles. The van der Waals surface area contributed by atoms with Crippen molar-refractivity contribution >= 4 is 5.84 Å². The molecule has 1 rings (SSSR count). The van der Waals surface area contributed by atoms with E-state index in [2.05, 4.69) is 12.0 Å². The van der Waals surface area contributed by atoms with Gasteiger partial charge < -0.3 is 5.73 Å². The Morgan fingerprint density at radius 1 is 1.88 bits per heavy atom. The van der Waals surface area contributed by atoms with Crippen LogP contribution in [0.2, 0.25) is 0 Å². The first-order valence-electron chi connectivity index (χ1n) is 2.75. The summed E-state index contributed by atoms with van der Waals surface area (Å²) in [7, 11) is 1.93. The van der Waals surface area contributed by atoms with E-state index in [0.29, 0.717) is 5.92 Å². The van der Waals surface area contributed by atoms with Crippen LogP contribution in [0.1, 0.15) is 6.92 Å². The highest BCUT2D eigenvalue weighted by molar-refractivity contribution is 5.83. The van der Waals surface area contributed by atoms with E-state index in [1.54, 1.807) is 0 Å². The van der Waals surface area contributed by atoms with Gasteiger partial charge in [-0.25, -0.2) is 0 Å². The summed E-state index contributed by atoms with van der Waals surface area (Å²) in [6, 6.07) is 0. The Kier molecular flexibility index (Phi) is 1.12. The Balaban J connectivity index is 2.59. The van der Waals surface area contributed by atoms with Crippen molar-refractivity contribution in [2.24, 2.45) is 16.8 Å². The zero-order valence-electron chi connectivity index (χ0n) is 5.26. The number of amidine groups is 1. The molecule has 8 heavy (non-hydrogen) atoms. The highest BCUT2D eigenvalue weighted by atomic mass is 15.5.